The van der Waals surface area contributed by atoms with Crippen LogP contribution in [0.2, 0.25) is 0 Å². The smallest absolute Gasteiger partial charge is 0.416 e. The summed E-state index contributed by atoms with van der Waals surface area (Å²) in [5, 5.41) is 9.03. The Morgan fingerprint density at radius 3 is 2.57 bits per heavy atom. The molecular formula is C17H19NO5. The summed E-state index contributed by atoms with van der Waals surface area (Å²) >= 11 is 0. The standard InChI is InChI=1S/C17H19NO5/c19-15(20)9-14(12-6-7-12)16(21)18-13(10-23-17(18)22)8-11-4-2-1-3-5-11/h1-5,12-14H,6-10H2,(H,19,20)/t13-,14-/m0/s1. The number of carbonyl (C=O) groups excluding carboxylic acids is 2. The van der Waals surface area contributed by atoms with Crippen molar-refractivity contribution in [1.29, 1.82) is 0 Å². The molecule has 2 aliphatic rings. The van der Waals surface area contributed by atoms with Gasteiger partial charge in [0.15, 0.2) is 0 Å². The minimum Gasteiger partial charge on any atom is -0.481 e. The zero-order valence-corrected chi connectivity index (χ0v) is 12.7. The highest BCUT2D eigenvalue weighted by Crippen LogP contribution is 2.40. The quantitative estimate of drug-likeness (QED) is 0.868. The highest BCUT2D eigenvalue weighted by molar-refractivity contribution is 5.96. The first-order valence-corrected chi connectivity index (χ1v) is 7.82. The number of carboxylic acids is 1. The van der Waals surface area contributed by atoms with Gasteiger partial charge in [-0.1, -0.05) is 30.3 Å². The Morgan fingerprint density at radius 2 is 1.96 bits per heavy atom. The summed E-state index contributed by atoms with van der Waals surface area (Å²) in [4.78, 5) is 36.9. The molecule has 0 aromatic heterocycles. The van der Waals surface area contributed by atoms with Crippen LogP contribution in [0.3, 0.4) is 0 Å². The predicted molar refractivity (Wildman–Crippen MR) is 80.6 cm³/mol. The van der Waals surface area contributed by atoms with Crippen molar-refractivity contribution < 1.29 is 24.2 Å². The van der Waals surface area contributed by atoms with E-state index in [9.17, 15) is 14.4 Å². The molecule has 1 N–H and O–H groups in total. The Labute approximate surface area is 134 Å². The molecule has 1 aromatic carbocycles. The Kier molecular flexibility index (Phi) is 4.32. The van der Waals surface area contributed by atoms with E-state index >= 15 is 0 Å². The molecule has 2 amide bonds. The third-order valence-corrected chi connectivity index (χ3v) is 4.42. The van der Waals surface area contributed by atoms with Crippen LogP contribution in [0.5, 0.6) is 0 Å². The lowest BCUT2D eigenvalue weighted by Crippen LogP contribution is -2.44. The molecule has 3 rings (SSSR count). The van der Waals surface area contributed by atoms with Gasteiger partial charge < -0.3 is 9.84 Å². The first kappa shape index (κ1) is 15.5. The lowest BCUT2D eigenvalue weighted by molar-refractivity contribution is -0.144. The number of nitrogens with zero attached hydrogens (tertiary/aromatic N) is 1. The number of carboxylic acid groups (broad SMARTS) is 1. The Balaban J connectivity index is 1.75. The number of hydrogen-bond acceptors (Lipinski definition) is 4. The largest absolute Gasteiger partial charge is 0.481 e. The van der Waals surface area contributed by atoms with Gasteiger partial charge in [0.05, 0.1) is 18.4 Å². The van der Waals surface area contributed by atoms with E-state index in [-0.39, 0.29) is 25.0 Å². The molecular weight excluding hydrogens is 298 g/mol. The van der Waals surface area contributed by atoms with Gasteiger partial charge in [-0.25, -0.2) is 9.69 Å². The van der Waals surface area contributed by atoms with Gasteiger partial charge in [-0.2, -0.15) is 0 Å². The summed E-state index contributed by atoms with van der Waals surface area (Å²) < 4.78 is 5.05. The second-order valence-corrected chi connectivity index (χ2v) is 6.17. The fourth-order valence-corrected chi connectivity index (χ4v) is 3.09. The van der Waals surface area contributed by atoms with Gasteiger partial charge in [-0.15, -0.1) is 0 Å². The molecule has 2 fully saturated rings. The molecule has 6 nitrogen and oxygen atoms in total. The molecule has 122 valence electrons. The Bertz CT molecular complexity index is 611. The number of amides is 2. The van der Waals surface area contributed by atoms with Crippen LogP contribution < -0.4 is 0 Å². The first-order valence-electron chi connectivity index (χ1n) is 7.82. The number of imide groups is 1. The van der Waals surface area contributed by atoms with Gasteiger partial charge in [-0.05, 0) is 30.7 Å². The van der Waals surface area contributed by atoms with E-state index in [1.54, 1.807) is 0 Å². The molecule has 1 aliphatic carbocycles. The fourth-order valence-electron chi connectivity index (χ4n) is 3.09. The van der Waals surface area contributed by atoms with Crippen LogP contribution >= 0.6 is 0 Å². The third-order valence-electron chi connectivity index (χ3n) is 4.42. The normalized spacial score (nSPS) is 21.8. The first-order chi connectivity index (χ1) is 11.1. The van der Waals surface area contributed by atoms with Crippen molar-refractivity contribution in [1.82, 2.24) is 4.90 Å². The van der Waals surface area contributed by atoms with E-state index in [1.807, 2.05) is 30.3 Å². The Morgan fingerprint density at radius 1 is 1.26 bits per heavy atom. The van der Waals surface area contributed by atoms with E-state index in [0.29, 0.717) is 6.42 Å². The lowest BCUT2D eigenvalue weighted by Gasteiger charge is -2.24. The highest BCUT2D eigenvalue weighted by Gasteiger charge is 2.46. The van der Waals surface area contributed by atoms with Gasteiger partial charge in [0.1, 0.15) is 6.61 Å². The number of ether oxygens (including phenoxy) is 1. The van der Waals surface area contributed by atoms with Crippen LogP contribution in [0, 0.1) is 11.8 Å². The number of benzene rings is 1. The topological polar surface area (TPSA) is 83.9 Å². The van der Waals surface area contributed by atoms with Crippen molar-refractivity contribution in [2.24, 2.45) is 11.8 Å². The zero-order chi connectivity index (χ0) is 16.4. The minimum atomic E-state index is -1.01. The predicted octanol–water partition coefficient (Wildman–Crippen LogP) is 2.08. The van der Waals surface area contributed by atoms with Crippen molar-refractivity contribution in [3.8, 4) is 0 Å². The van der Waals surface area contributed by atoms with Crippen LogP contribution in [0.25, 0.3) is 0 Å². The summed E-state index contributed by atoms with van der Waals surface area (Å²) in [6, 6.07) is 9.20. The summed E-state index contributed by atoms with van der Waals surface area (Å²) in [6.45, 7) is 0.157. The molecule has 0 unspecified atom stereocenters. The summed E-state index contributed by atoms with van der Waals surface area (Å²) in [5.41, 5.74) is 1.01. The summed E-state index contributed by atoms with van der Waals surface area (Å²) in [6.07, 6.45) is 1.31. The molecule has 2 atom stereocenters. The van der Waals surface area contributed by atoms with Crippen LogP contribution in [0.1, 0.15) is 24.8 Å². The molecule has 6 heteroatoms. The maximum absolute atomic E-state index is 12.7. The molecule has 0 spiro atoms. The van der Waals surface area contributed by atoms with Crippen LogP contribution in [-0.4, -0.2) is 40.6 Å². The highest BCUT2D eigenvalue weighted by atomic mass is 16.6. The second-order valence-electron chi connectivity index (χ2n) is 6.17. The van der Waals surface area contributed by atoms with Gasteiger partial charge in [0, 0.05) is 0 Å². The number of cyclic esters (lactones) is 1. The van der Waals surface area contributed by atoms with Gasteiger partial charge in [0.2, 0.25) is 5.91 Å². The zero-order valence-electron chi connectivity index (χ0n) is 12.7. The average Bonchev–Trinajstić information content (AvgIpc) is 3.30. The van der Waals surface area contributed by atoms with E-state index in [2.05, 4.69) is 0 Å². The SMILES string of the molecule is O=C(O)C[C@H](C(=O)N1C(=O)OC[C@@H]1Cc1ccccc1)C1CC1. The number of hydrogen-bond donors (Lipinski definition) is 1. The van der Waals surface area contributed by atoms with E-state index in [4.69, 9.17) is 9.84 Å². The van der Waals surface area contributed by atoms with E-state index in [0.717, 1.165) is 23.3 Å². The van der Waals surface area contributed by atoms with Gasteiger partial charge in [0.25, 0.3) is 0 Å². The van der Waals surface area contributed by atoms with Crippen LogP contribution in [0.4, 0.5) is 4.79 Å². The van der Waals surface area contributed by atoms with E-state index < -0.39 is 23.9 Å². The van der Waals surface area contributed by atoms with E-state index in [1.165, 1.54) is 0 Å². The minimum absolute atomic E-state index is 0.0735. The van der Waals surface area contributed by atoms with Crippen LogP contribution in [-0.2, 0) is 20.7 Å². The van der Waals surface area contributed by atoms with Gasteiger partial charge >= 0.3 is 12.1 Å². The van der Waals surface area contributed by atoms with Gasteiger partial charge in [-0.3, -0.25) is 9.59 Å². The number of rotatable bonds is 6. The fraction of sp³-hybridized carbons (Fsp3) is 0.471. The third kappa shape index (κ3) is 3.52. The molecule has 0 radical (unpaired) electrons. The molecule has 1 aliphatic heterocycles. The molecule has 1 heterocycles. The maximum atomic E-state index is 12.7. The Hall–Kier alpha value is -2.37. The molecule has 23 heavy (non-hydrogen) atoms. The van der Waals surface area contributed by atoms with Crippen molar-refractivity contribution in [2.45, 2.75) is 31.7 Å². The van der Waals surface area contributed by atoms with Crippen molar-refractivity contribution in [3.05, 3.63) is 35.9 Å². The van der Waals surface area contributed by atoms with Crippen molar-refractivity contribution in [3.63, 3.8) is 0 Å². The average molecular weight is 317 g/mol. The number of carbonyl (C=O) groups is 3. The van der Waals surface area contributed by atoms with Crippen molar-refractivity contribution >= 4 is 18.0 Å². The van der Waals surface area contributed by atoms with Crippen molar-refractivity contribution in [2.75, 3.05) is 6.61 Å². The molecule has 1 aromatic rings. The summed E-state index contributed by atoms with van der Waals surface area (Å²) in [7, 11) is 0. The monoisotopic (exact) mass is 317 g/mol. The van der Waals surface area contributed by atoms with Crippen LogP contribution in [0.15, 0.2) is 30.3 Å². The maximum Gasteiger partial charge on any atom is 0.416 e. The lowest BCUT2D eigenvalue weighted by atomic mass is 9.96. The summed E-state index contributed by atoms with van der Waals surface area (Å²) in [5.74, 6) is -1.97. The molecule has 1 saturated heterocycles. The second kappa shape index (κ2) is 6.40. The molecule has 0 bridgehead atoms. The number of aliphatic carboxylic acids is 1. The molecule has 1 saturated carbocycles.